The van der Waals surface area contributed by atoms with E-state index in [2.05, 4.69) is 45.1 Å². The maximum atomic E-state index is 12.7. The summed E-state index contributed by atoms with van der Waals surface area (Å²) < 4.78 is 16.6. The second kappa shape index (κ2) is 47.0. The largest absolute Gasteiger partial charge is 0.462 e. The van der Waals surface area contributed by atoms with Gasteiger partial charge in [-0.2, -0.15) is 0 Å². The van der Waals surface area contributed by atoms with E-state index >= 15 is 0 Å². The highest BCUT2D eigenvalue weighted by molar-refractivity contribution is 5.71. The summed E-state index contributed by atoms with van der Waals surface area (Å²) in [6.07, 6.45) is 61.1. The van der Waals surface area contributed by atoms with Gasteiger partial charge < -0.3 is 14.2 Å². The lowest BCUT2D eigenvalue weighted by Crippen LogP contribution is -2.30. The van der Waals surface area contributed by atoms with Gasteiger partial charge in [0.15, 0.2) is 6.10 Å². The third kappa shape index (κ3) is 45.3. The van der Waals surface area contributed by atoms with E-state index in [0.29, 0.717) is 25.7 Å². The first-order chi connectivity index (χ1) is 29.0. The van der Waals surface area contributed by atoms with Gasteiger partial charge in [0, 0.05) is 19.3 Å². The molecule has 1 atom stereocenters. The minimum atomic E-state index is -0.804. The molecule has 0 amide bonds. The molecule has 59 heavy (non-hydrogen) atoms. The summed E-state index contributed by atoms with van der Waals surface area (Å²) in [6.45, 7) is 6.37. The molecule has 0 aliphatic rings. The molecular weight excluding hydrogens is 733 g/mol. The molecule has 0 saturated carbocycles. The Morgan fingerprint density at radius 2 is 0.695 bits per heavy atom. The van der Waals surface area contributed by atoms with Crippen LogP contribution in [0.15, 0.2) is 97.2 Å². The Hall–Kier alpha value is -3.67. The van der Waals surface area contributed by atoms with Gasteiger partial charge in [-0.15, -0.1) is 0 Å². The quantitative estimate of drug-likeness (QED) is 0.0201. The molecule has 0 spiro atoms. The van der Waals surface area contributed by atoms with Crippen LogP contribution in [0, 0.1) is 0 Å². The zero-order chi connectivity index (χ0) is 43.0. The molecular formula is C53H86O6. The molecule has 6 heteroatoms. The monoisotopic (exact) mass is 819 g/mol. The molecule has 0 saturated heterocycles. The van der Waals surface area contributed by atoms with Crippen molar-refractivity contribution in [3.63, 3.8) is 0 Å². The molecule has 0 aliphatic carbocycles. The van der Waals surface area contributed by atoms with Gasteiger partial charge in [0.05, 0.1) is 0 Å². The van der Waals surface area contributed by atoms with Crippen molar-refractivity contribution in [3.8, 4) is 0 Å². The number of esters is 3. The van der Waals surface area contributed by atoms with Crippen LogP contribution in [-0.4, -0.2) is 37.2 Å². The van der Waals surface area contributed by atoms with Crippen molar-refractivity contribution >= 4 is 17.9 Å². The average Bonchev–Trinajstić information content (AvgIpc) is 3.23. The molecule has 0 aromatic carbocycles. The minimum Gasteiger partial charge on any atom is -0.462 e. The summed E-state index contributed by atoms with van der Waals surface area (Å²) in [5.74, 6) is -0.991. The fourth-order valence-corrected chi connectivity index (χ4v) is 6.19. The zero-order valence-electron chi connectivity index (χ0n) is 38.0. The van der Waals surface area contributed by atoms with E-state index in [1.807, 2.05) is 72.9 Å². The van der Waals surface area contributed by atoms with Crippen LogP contribution in [0.25, 0.3) is 0 Å². The first-order valence-corrected chi connectivity index (χ1v) is 23.8. The molecule has 0 radical (unpaired) electrons. The highest BCUT2D eigenvalue weighted by atomic mass is 16.6. The van der Waals surface area contributed by atoms with Crippen molar-refractivity contribution < 1.29 is 28.6 Å². The Labute approximate surface area is 362 Å². The second-order valence-electron chi connectivity index (χ2n) is 15.5. The third-order valence-electron chi connectivity index (χ3n) is 9.77. The smallest absolute Gasteiger partial charge is 0.306 e. The first-order valence-electron chi connectivity index (χ1n) is 23.8. The summed E-state index contributed by atoms with van der Waals surface area (Å²) in [7, 11) is 0. The van der Waals surface area contributed by atoms with Gasteiger partial charge >= 0.3 is 17.9 Å². The maximum Gasteiger partial charge on any atom is 0.306 e. The lowest BCUT2D eigenvalue weighted by molar-refractivity contribution is -0.167. The van der Waals surface area contributed by atoms with E-state index in [4.69, 9.17) is 14.2 Å². The summed E-state index contributed by atoms with van der Waals surface area (Å²) >= 11 is 0. The van der Waals surface area contributed by atoms with Crippen LogP contribution in [0.4, 0.5) is 0 Å². The van der Waals surface area contributed by atoms with Crippen molar-refractivity contribution in [2.75, 3.05) is 13.2 Å². The molecule has 0 aromatic heterocycles. The van der Waals surface area contributed by atoms with Crippen LogP contribution < -0.4 is 0 Å². The molecule has 0 heterocycles. The molecule has 0 N–H and O–H groups in total. The van der Waals surface area contributed by atoms with E-state index in [0.717, 1.165) is 64.2 Å². The Morgan fingerprint density at radius 3 is 1.17 bits per heavy atom. The minimum absolute atomic E-state index is 0.108. The molecule has 6 nitrogen and oxygen atoms in total. The number of carbonyl (C=O) groups is 3. The van der Waals surface area contributed by atoms with Crippen molar-refractivity contribution in [2.24, 2.45) is 0 Å². The standard InChI is InChI=1S/C53H86O6/c1-4-7-10-13-16-19-21-23-24-25-26-27-28-30-31-34-37-40-43-46-52(55)58-49-50(48-57-51(54)45-42-39-36-33-18-15-12-9-6-3)59-53(56)47-44-41-38-35-32-29-22-20-17-14-11-8-5-2/h7,10,13,16,19,21,23-28,30-31,33,36,50H,4-6,8-9,11-12,14-15,17-18,20,22,29,32,34-35,37-49H2,1-3H3/b10-7-,16-13-,21-19-,24-23-,26-25+,28-27-,31-30-,36-33-. The number of allylic oxidation sites excluding steroid dienone is 16. The van der Waals surface area contributed by atoms with E-state index in [9.17, 15) is 14.4 Å². The third-order valence-corrected chi connectivity index (χ3v) is 9.77. The second-order valence-corrected chi connectivity index (χ2v) is 15.5. The van der Waals surface area contributed by atoms with Gasteiger partial charge in [0.1, 0.15) is 13.2 Å². The Morgan fingerprint density at radius 1 is 0.356 bits per heavy atom. The first kappa shape index (κ1) is 55.3. The Balaban J connectivity index is 4.48. The Kier molecular flexibility index (Phi) is 44.1. The van der Waals surface area contributed by atoms with Crippen LogP contribution >= 0.6 is 0 Å². The highest BCUT2D eigenvalue weighted by Gasteiger charge is 2.19. The van der Waals surface area contributed by atoms with Gasteiger partial charge in [-0.3, -0.25) is 14.4 Å². The summed E-state index contributed by atoms with van der Waals surface area (Å²) in [5, 5.41) is 0. The van der Waals surface area contributed by atoms with Crippen molar-refractivity contribution in [2.45, 2.75) is 207 Å². The molecule has 0 rings (SSSR count). The van der Waals surface area contributed by atoms with E-state index in [1.54, 1.807) is 0 Å². The van der Waals surface area contributed by atoms with Crippen LogP contribution in [0.5, 0.6) is 0 Å². The predicted octanol–water partition coefficient (Wildman–Crippen LogP) is 15.4. The van der Waals surface area contributed by atoms with Gasteiger partial charge in [0.25, 0.3) is 0 Å². The van der Waals surface area contributed by atoms with Crippen LogP contribution in [0.3, 0.4) is 0 Å². The number of carbonyl (C=O) groups excluding carboxylic acids is 3. The topological polar surface area (TPSA) is 78.9 Å². The van der Waals surface area contributed by atoms with Crippen LogP contribution in [0.2, 0.25) is 0 Å². The molecule has 0 bridgehead atoms. The predicted molar refractivity (Wildman–Crippen MR) is 251 cm³/mol. The van der Waals surface area contributed by atoms with E-state index < -0.39 is 6.10 Å². The summed E-state index contributed by atoms with van der Waals surface area (Å²) in [5.41, 5.74) is 0. The molecule has 334 valence electrons. The summed E-state index contributed by atoms with van der Waals surface area (Å²) in [6, 6.07) is 0. The van der Waals surface area contributed by atoms with Crippen LogP contribution in [0.1, 0.15) is 201 Å². The van der Waals surface area contributed by atoms with Gasteiger partial charge in [0.2, 0.25) is 0 Å². The number of rotatable bonds is 41. The average molecular weight is 819 g/mol. The number of ether oxygens (including phenoxy) is 3. The summed E-state index contributed by atoms with van der Waals surface area (Å²) in [4.78, 5) is 37.7. The zero-order valence-corrected chi connectivity index (χ0v) is 38.0. The van der Waals surface area contributed by atoms with E-state index in [-0.39, 0.29) is 31.1 Å². The lowest BCUT2D eigenvalue weighted by Gasteiger charge is -2.18. The maximum absolute atomic E-state index is 12.7. The molecule has 0 aromatic rings. The van der Waals surface area contributed by atoms with Crippen molar-refractivity contribution in [1.82, 2.24) is 0 Å². The van der Waals surface area contributed by atoms with Crippen LogP contribution in [-0.2, 0) is 28.6 Å². The number of unbranched alkanes of at least 4 members (excludes halogenated alkanes) is 20. The Bertz CT molecular complexity index is 1220. The van der Waals surface area contributed by atoms with Gasteiger partial charge in [-0.05, 0) is 57.8 Å². The van der Waals surface area contributed by atoms with E-state index in [1.165, 1.54) is 89.9 Å². The van der Waals surface area contributed by atoms with Crippen molar-refractivity contribution in [1.29, 1.82) is 0 Å². The highest BCUT2D eigenvalue weighted by Crippen LogP contribution is 2.14. The SMILES string of the molecule is CC\C=C/C=C\C=C/C=C\C=C\C=C/C=C\CCCCCC(=O)OCC(COC(=O)CCC/C=C\CCCCCC)OC(=O)CCCCCCCCCCCCCCC. The number of hydrogen-bond donors (Lipinski definition) is 0. The van der Waals surface area contributed by atoms with Crippen molar-refractivity contribution in [3.05, 3.63) is 97.2 Å². The number of hydrogen-bond acceptors (Lipinski definition) is 6. The van der Waals surface area contributed by atoms with Gasteiger partial charge in [-0.25, -0.2) is 0 Å². The van der Waals surface area contributed by atoms with Gasteiger partial charge in [-0.1, -0.05) is 221 Å². The molecule has 0 aliphatic heterocycles. The molecule has 0 fully saturated rings. The fourth-order valence-electron chi connectivity index (χ4n) is 6.19. The fraction of sp³-hybridized carbons (Fsp3) is 0.642. The normalized spacial score (nSPS) is 12.9. The molecule has 1 unspecified atom stereocenters. The lowest BCUT2D eigenvalue weighted by atomic mass is 10.0.